The summed E-state index contributed by atoms with van der Waals surface area (Å²) >= 11 is 0.721. The molecular weight excluding hydrogens is 251 g/mol. The second kappa shape index (κ2) is 4.91. The maximum absolute atomic E-state index is 12.4. The third kappa shape index (κ3) is 2.97. The fourth-order valence-electron chi connectivity index (χ4n) is 2.08. The van der Waals surface area contributed by atoms with Crippen LogP contribution in [0.25, 0.3) is 0 Å². The molecule has 1 atom stereocenters. The van der Waals surface area contributed by atoms with Gasteiger partial charge in [0.15, 0.2) is 5.01 Å². The molecule has 1 aromatic rings. The Kier molecular flexibility index (Phi) is 3.70. The molecule has 2 rings (SSSR count). The number of halogens is 3. The highest BCUT2D eigenvalue weighted by Crippen LogP contribution is 2.33. The maximum Gasteiger partial charge on any atom is 0.443 e. The predicted molar refractivity (Wildman–Crippen MR) is 59.6 cm³/mol. The van der Waals surface area contributed by atoms with Crippen molar-refractivity contribution in [1.82, 2.24) is 9.88 Å². The molecule has 2 N–H and O–H groups in total. The molecule has 0 aliphatic carbocycles. The first-order valence-electron chi connectivity index (χ1n) is 5.46. The summed E-state index contributed by atoms with van der Waals surface area (Å²) in [4.78, 5) is 6.20. The molecule has 0 bridgehead atoms. The van der Waals surface area contributed by atoms with Crippen LogP contribution >= 0.6 is 11.3 Å². The van der Waals surface area contributed by atoms with Crippen molar-refractivity contribution in [3.8, 4) is 0 Å². The highest BCUT2D eigenvalue weighted by atomic mass is 32.1. The van der Waals surface area contributed by atoms with Crippen LogP contribution in [0.15, 0.2) is 6.20 Å². The SMILES string of the molecule is NCC1CCCN1Cc1cnc(C(F)(F)F)s1. The van der Waals surface area contributed by atoms with Gasteiger partial charge in [0.1, 0.15) is 0 Å². The van der Waals surface area contributed by atoms with E-state index in [0.717, 1.165) is 30.7 Å². The quantitative estimate of drug-likeness (QED) is 0.910. The van der Waals surface area contributed by atoms with Crippen molar-refractivity contribution in [2.75, 3.05) is 13.1 Å². The lowest BCUT2D eigenvalue weighted by molar-refractivity contribution is -0.137. The highest BCUT2D eigenvalue weighted by molar-refractivity contribution is 7.11. The topological polar surface area (TPSA) is 42.1 Å². The Hall–Kier alpha value is -0.660. The van der Waals surface area contributed by atoms with E-state index in [9.17, 15) is 13.2 Å². The summed E-state index contributed by atoms with van der Waals surface area (Å²) in [6, 6.07) is 0.298. The van der Waals surface area contributed by atoms with Gasteiger partial charge in [0.25, 0.3) is 0 Å². The molecule has 0 spiro atoms. The van der Waals surface area contributed by atoms with Crippen molar-refractivity contribution in [3.05, 3.63) is 16.1 Å². The van der Waals surface area contributed by atoms with Gasteiger partial charge < -0.3 is 5.73 Å². The Bertz CT molecular complexity index is 377. The molecule has 96 valence electrons. The monoisotopic (exact) mass is 265 g/mol. The summed E-state index contributed by atoms with van der Waals surface area (Å²) in [7, 11) is 0. The number of thiazole rings is 1. The van der Waals surface area contributed by atoms with Gasteiger partial charge in [-0.25, -0.2) is 4.98 Å². The third-order valence-corrected chi connectivity index (χ3v) is 3.95. The number of nitrogens with two attached hydrogens (primary N) is 1. The molecule has 1 unspecified atom stereocenters. The summed E-state index contributed by atoms with van der Waals surface area (Å²) in [5.74, 6) is 0. The molecule has 0 amide bonds. The largest absolute Gasteiger partial charge is 0.443 e. The van der Waals surface area contributed by atoms with Gasteiger partial charge in [-0.2, -0.15) is 13.2 Å². The van der Waals surface area contributed by atoms with Crippen LogP contribution in [0.2, 0.25) is 0 Å². The lowest BCUT2D eigenvalue weighted by Crippen LogP contribution is -2.34. The second-order valence-electron chi connectivity index (χ2n) is 4.13. The first-order valence-corrected chi connectivity index (χ1v) is 6.28. The van der Waals surface area contributed by atoms with E-state index in [4.69, 9.17) is 5.73 Å². The number of rotatable bonds is 3. The number of hydrogen-bond acceptors (Lipinski definition) is 4. The molecule has 7 heteroatoms. The van der Waals surface area contributed by atoms with Crippen molar-refractivity contribution in [1.29, 1.82) is 0 Å². The Labute approximate surface area is 101 Å². The highest BCUT2D eigenvalue weighted by Gasteiger charge is 2.35. The lowest BCUT2D eigenvalue weighted by atomic mass is 10.2. The molecule has 1 aliphatic heterocycles. The second-order valence-corrected chi connectivity index (χ2v) is 5.25. The molecule has 1 fully saturated rings. The van der Waals surface area contributed by atoms with Crippen LogP contribution in [0.5, 0.6) is 0 Å². The van der Waals surface area contributed by atoms with Crippen molar-refractivity contribution < 1.29 is 13.2 Å². The molecular formula is C10H14F3N3S. The minimum Gasteiger partial charge on any atom is -0.329 e. The molecule has 1 aliphatic rings. The van der Waals surface area contributed by atoms with Gasteiger partial charge in [0.2, 0.25) is 0 Å². The van der Waals surface area contributed by atoms with Gasteiger partial charge in [-0.05, 0) is 19.4 Å². The number of alkyl halides is 3. The van der Waals surface area contributed by atoms with Crippen molar-refractivity contribution in [2.45, 2.75) is 31.6 Å². The van der Waals surface area contributed by atoms with E-state index in [0.29, 0.717) is 24.0 Å². The van der Waals surface area contributed by atoms with Crippen molar-refractivity contribution >= 4 is 11.3 Å². The maximum atomic E-state index is 12.4. The smallest absolute Gasteiger partial charge is 0.329 e. The van der Waals surface area contributed by atoms with Crippen LogP contribution in [0.3, 0.4) is 0 Å². The van der Waals surface area contributed by atoms with Crippen LogP contribution in [0.1, 0.15) is 22.7 Å². The molecule has 0 aromatic carbocycles. The van der Waals surface area contributed by atoms with Gasteiger partial charge in [0, 0.05) is 30.2 Å². The standard InChI is InChI=1S/C10H14F3N3S/c11-10(12,13)9-15-5-8(17-9)6-16-3-1-2-7(16)4-14/h5,7H,1-4,6,14H2. The first-order chi connectivity index (χ1) is 8.00. The Morgan fingerprint density at radius 1 is 1.53 bits per heavy atom. The Morgan fingerprint density at radius 2 is 2.29 bits per heavy atom. The average Bonchev–Trinajstić information content (AvgIpc) is 2.86. The molecule has 17 heavy (non-hydrogen) atoms. The zero-order chi connectivity index (χ0) is 12.5. The Balaban J connectivity index is 2.02. The summed E-state index contributed by atoms with van der Waals surface area (Å²) < 4.78 is 37.1. The number of nitrogens with zero attached hydrogens (tertiary/aromatic N) is 2. The van der Waals surface area contributed by atoms with E-state index in [1.54, 1.807) is 0 Å². The molecule has 2 heterocycles. The Morgan fingerprint density at radius 3 is 2.88 bits per heavy atom. The average molecular weight is 265 g/mol. The zero-order valence-corrected chi connectivity index (χ0v) is 10.0. The number of aromatic nitrogens is 1. The van der Waals surface area contributed by atoms with Gasteiger partial charge >= 0.3 is 6.18 Å². The van der Waals surface area contributed by atoms with E-state index >= 15 is 0 Å². The number of likely N-dealkylation sites (tertiary alicyclic amines) is 1. The van der Waals surface area contributed by atoms with E-state index in [1.807, 2.05) is 0 Å². The summed E-state index contributed by atoms with van der Waals surface area (Å²) in [6.45, 7) is 1.99. The van der Waals surface area contributed by atoms with Crippen LogP contribution < -0.4 is 5.73 Å². The molecule has 3 nitrogen and oxygen atoms in total. The first kappa shape index (κ1) is 12.8. The van der Waals surface area contributed by atoms with Crippen LogP contribution in [-0.4, -0.2) is 29.0 Å². The van der Waals surface area contributed by atoms with Crippen LogP contribution in [0.4, 0.5) is 13.2 Å². The van der Waals surface area contributed by atoms with Gasteiger partial charge in [-0.15, -0.1) is 11.3 Å². The fourth-order valence-corrected chi connectivity index (χ4v) is 2.89. The van der Waals surface area contributed by atoms with Crippen LogP contribution in [0, 0.1) is 0 Å². The van der Waals surface area contributed by atoms with Gasteiger partial charge in [-0.1, -0.05) is 0 Å². The van der Waals surface area contributed by atoms with Gasteiger partial charge in [0.05, 0.1) is 0 Å². The van der Waals surface area contributed by atoms with Crippen molar-refractivity contribution in [3.63, 3.8) is 0 Å². The lowest BCUT2D eigenvalue weighted by Gasteiger charge is -2.21. The van der Waals surface area contributed by atoms with E-state index in [1.165, 1.54) is 6.20 Å². The van der Waals surface area contributed by atoms with E-state index in [2.05, 4.69) is 9.88 Å². The molecule has 1 aromatic heterocycles. The molecule has 0 radical (unpaired) electrons. The minimum atomic E-state index is -4.33. The fraction of sp³-hybridized carbons (Fsp3) is 0.700. The summed E-state index contributed by atoms with van der Waals surface area (Å²) in [5.41, 5.74) is 5.62. The molecule has 0 saturated carbocycles. The minimum absolute atomic E-state index is 0.298. The summed E-state index contributed by atoms with van der Waals surface area (Å²) in [6.07, 6.45) is -0.922. The predicted octanol–water partition coefficient (Wildman–Crippen LogP) is 2.08. The third-order valence-electron chi connectivity index (χ3n) is 2.93. The zero-order valence-electron chi connectivity index (χ0n) is 9.20. The van der Waals surface area contributed by atoms with Gasteiger partial charge in [-0.3, -0.25) is 4.90 Å². The van der Waals surface area contributed by atoms with E-state index < -0.39 is 11.2 Å². The van der Waals surface area contributed by atoms with Crippen molar-refractivity contribution in [2.24, 2.45) is 5.73 Å². The van der Waals surface area contributed by atoms with Crippen LogP contribution in [-0.2, 0) is 12.7 Å². The summed E-state index contributed by atoms with van der Waals surface area (Å²) in [5, 5.41) is -0.768. The number of hydrogen-bond donors (Lipinski definition) is 1. The van der Waals surface area contributed by atoms with E-state index in [-0.39, 0.29) is 0 Å². The normalized spacial score (nSPS) is 22.2. The molecule has 1 saturated heterocycles.